The molecule has 2 aromatic rings. The Kier molecular flexibility index (Phi) is 3.49. The molecule has 0 bridgehead atoms. The van der Waals surface area contributed by atoms with E-state index in [1.807, 2.05) is 6.92 Å². The number of amidine groups is 1. The van der Waals surface area contributed by atoms with Gasteiger partial charge < -0.3 is 5.73 Å². The van der Waals surface area contributed by atoms with Crippen LogP contribution in [0.3, 0.4) is 0 Å². The van der Waals surface area contributed by atoms with Gasteiger partial charge in [0.15, 0.2) is 0 Å². The number of hydrogen-bond donors (Lipinski definition) is 4. The van der Waals surface area contributed by atoms with Crippen LogP contribution in [0, 0.1) is 19.3 Å². The number of benzene rings is 1. The highest BCUT2D eigenvalue weighted by atomic mass is 32.2. The molecule has 0 radical (unpaired) electrons. The standard InChI is InChI=1S/C12H15N5O2S/c1-7-3-4-10(8(2)5-7)20(18,19)17-12-9(11(13)14)6-15-16-12/h3-6H,1-2H3,(H3,13,14)(H2,15,16,17). The number of nitrogen functional groups attached to an aromatic ring is 1. The fraction of sp³-hybridized carbons (Fsp3) is 0.167. The molecule has 0 aliphatic heterocycles. The summed E-state index contributed by atoms with van der Waals surface area (Å²) in [5.41, 5.74) is 7.18. The van der Waals surface area contributed by atoms with Gasteiger partial charge in [-0.3, -0.25) is 15.2 Å². The van der Waals surface area contributed by atoms with Crippen molar-refractivity contribution >= 4 is 21.7 Å². The van der Waals surface area contributed by atoms with E-state index in [1.54, 1.807) is 19.1 Å². The quantitative estimate of drug-likeness (QED) is 0.497. The van der Waals surface area contributed by atoms with Gasteiger partial charge in [-0.2, -0.15) is 5.10 Å². The van der Waals surface area contributed by atoms with Crippen LogP contribution in [0.25, 0.3) is 0 Å². The van der Waals surface area contributed by atoms with Crippen LogP contribution in [0.5, 0.6) is 0 Å². The molecule has 106 valence electrons. The van der Waals surface area contributed by atoms with Gasteiger partial charge in [0.05, 0.1) is 16.7 Å². The Hall–Kier alpha value is -2.35. The third-order valence-electron chi connectivity index (χ3n) is 2.79. The summed E-state index contributed by atoms with van der Waals surface area (Å²) in [6.45, 7) is 3.61. The zero-order valence-corrected chi connectivity index (χ0v) is 11.9. The van der Waals surface area contributed by atoms with Gasteiger partial charge in [-0.15, -0.1) is 0 Å². The molecule has 2 rings (SSSR count). The Balaban J connectivity index is 2.41. The molecular formula is C12H15N5O2S. The Bertz CT molecular complexity index is 764. The number of aromatic nitrogens is 2. The van der Waals surface area contributed by atoms with Crippen molar-refractivity contribution in [3.05, 3.63) is 41.1 Å². The summed E-state index contributed by atoms with van der Waals surface area (Å²) in [5.74, 6) is -0.186. The van der Waals surface area contributed by atoms with Crippen LogP contribution in [-0.4, -0.2) is 24.5 Å². The maximum absolute atomic E-state index is 12.3. The van der Waals surface area contributed by atoms with Crippen molar-refractivity contribution in [1.29, 1.82) is 5.41 Å². The van der Waals surface area contributed by atoms with E-state index in [9.17, 15) is 8.42 Å². The van der Waals surface area contributed by atoms with E-state index in [4.69, 9.17) is 11.1 Å². The molecule has 0 aliphatic carbocycles. The molecule has 0 saturated carbocycles. The summed E-state index contributed by atoms with van der Waals surface area (Å²) in [6, 6.07) is 5.05. The maximum Gasteiger partial charge on any atom is 0.263 e. The molecule has 5 N–H and O–H groups in total. The van der Waals surface area contributed by atoms with E-state index in [-0.39, 0.29) is 22.1 Å². The molecular weight excluding hydrogens is 278 g/mol. The van der Waals surface area contributed by atoms with Crippen molar-refractivity contribution in [3.63, 3.8) is 0 Å². The lowest BCUT2D eigenvalue weighted by atomic mass is 10.2. The van der Waals surface area contributed by atoms with E-state index < -0.39 is 10.0 Å². The van der Waals surface area contributed by atoms with Crippen molar-refractivity contribution in [3.8, 4) is 0 Å². The molecule has 0 saturated heterocycles. The van der Waals surface area contributed by atoms with Crippen molar-refractivity contribution < 1.29 is 8.42 Å². The van der Waals surface area contributed by atoms with Crippen LogP contribution < -0.4 is 10.5 Å². The fourth-order valence-electron chi connectivity index (χ4n) is 1.86. The molecule has 1 heterocycles. The molecule has 1 aromatic carbocycles. The summed E-state index contributed by atoms with van der Waals surface area (Å²) < 4.78 is 27.0. The van der Waals surface area contributed by atoms with Crippen LogP contribution >= 0.6 is 0 Å². The van der Waals surface area contributed by atoms with Crippen LogP contribution in [0.15, 0.2) is 29.3 Å². The van der Waals surface area contributed by atoms with Gasteiger partial charge in [-0.25, -0.2) is 8.42 Å². The molecule has 0 unspecified atom stereocenters. The number of H-pyrrole nitrogens is 1. The first-order valence-electron chi connectivity index (χ1n) is 5.79. The molecule has 0 atom stereocenters. The summed E-state index contributed by atoms with van der Waals surface area (Å²) in [5, 5.41) is 13.5. The van der Waals surface area contributed by atoms with Gasteiger partial charge in [0.1, 0.15) is 11.7 Å². The number of aromatic amines is 1. The van der Waals surface area contributed by atoms with Gasteiger partial charge in [-0.1, -0.05) is 17.7 Å². The average Bonchev–Trinajstić information content (AvgIpc) is 2.75. The molecule has 0 aliphatic rings. The number of nitrogens with two attached hydrogens (primary N) is 1. The Morgan fingerprint density at radius 3 is 2.70 bits per heavy atom. The lowest BCUT2D eigenvalue weighted by Gasteiger charge is -2.10. The average molecular weight is 293 g/mol. The van der Waals surface area contributed by atoms with E-state index in [0.29, 0.717) is 5.56 Å². The first-order valence-corrected chi connectivity index (χ1v) is 7.27. The number of rotatable bonds is 4. The fourth-order valence-corrected chi connectivity index (χ4v) is 3.12. The minimum atomic E-state index is -3.76. The van der Waals surface area contributed by atoms with Gasteiger partial charge in [-0.05, 0) is 25.5 Å². The number of hydrogen-bond acceptors (Lipinski definition) is 4. The van der Waals surface area contributed by atoms with Crippen LogP contribution in [0.1, 0.15) is 16.7 Å². The minimum Gasteiger partial charge on any atom is -0.384 e. The SMILES string of the molecule is Cc1ccc(S(=O)(=O)Nc2[nH]ncc2C(=N)N)c(C)c1. The highest BCUT2D eigenvalue weighted by Gasteiger charge is 2.20. The number of nitrogens with one attached hydrogen (secondary N) is 3. The van der Waals surface area contributed by atoms with Crippen molar-refractivity contribution in [2.45, 2.75) is 18.7 Å². The van der Waals surface area contributed by atoms with E-state index in [1.165, 1.54) is 12.3 Å². The highest BCUT2D eigenvalue weighted by Crippen LogP contribution is 2.20. The predicted molar refractivity (Wildman–Crippen MR) is 76.3 cm³/mol. The lowest BCUT2D eigenvalue weighted by molar-refractivity contribution is 0.600. The van der Waals surface area contributed by atoms with Gasteiger partial charge in [0, 0.05) is 0 Å². The van der Waals surface area contributed by atoms with Gasteiger partial charge in [0.25, 0.3) is 10.0 Å². The Morgan fingerprint density at radius 2 is 2.10 bits per heavy atom. The molecule has 0 fully saturated rings. The van der Waals surface area contributed by atoms with Crippen molar-refractivity contribution in [2.75, 3.05) is 4.72 Å². The van der Waals surface area contributed by atoms with Gasteiger partial charge in [0.2, 0.25) is 0 Å². The van der Waals surface area contributed by atoms with Crippen LogP contribution in [0.2, 0.25) is 0 Å². The highest BCUT2D eigenvalue weighted by molar-refractivity contribution is 7.92. The number of nitrogens with zero attached hydrogens (tertiary/aromatic N) is 1. The molecule has 0 amide bonds. The van der Waals surface area contributed by atoms with Crippen molar-refractivity contribution in [2.24, 2.45) is 5.73 Å². The second-order valence-electron chi connectivity index (χ2n) is 4.45. The summed E-state index contributed by atoms with van der Waals surface area (Å²) in [6.07, 6.45) is 1.29. The zero-order chi connectivity index (χ0) is 14.9. The number of anilines is 1. The second kappa shape index (κ2) is 4.97. The molecule has 0 spiro atoms. The summed E-state index contributed by atoms with van der Waals surface area (Å²) in [7, 11) is -3.76. The molecule has 1 aromatic heterocycles. The largest absolute Gasteiger partial charge is 0.384 e. The van der Waals surface area contributed by atoms with Crippen LogP contribution in [-0.2, 0) is 10.0 Å². The second-order valence-corrected chi connectivity index (χ2v) is 6.10. The van der Waals surface area contributed by atoms with Crippen molar-refractivity contribution in [1.82, 2.24) is 10.2 Å². The van der Waals surface area contributed by atoms with E-state index in [0.717, 1.165) is 5.56 Å². The Morgan fingerprint density at radius 1 is 1.40 bits per heavy atom. The molecule has 7 nitrogen and oxygen atoms in total. The Labute approximate surface area is 116 Å². The van der Waals surface area contributed by atoms with Crippen LogP contribution in [0.4, 0.5) is 5.82 Å². The lowest BCUT2D eigenvalue weighted by Crippen LogP contribution is -2.18. The normalized spacial score (nSPS) is 11.3. The van der Waals surface area contributed by atoms with E-state index >= 15 is 0 Å². The summed E-state index contributed by atoms with van der Waals surface area (Å²) >= 11 is 0. The maximum atomic E-state index is 12.3. The third-order valence-corrected chi connectivity index (χ3v) is 4.30. The zero-order valence-electron chi connectivity index (χ0n) is 11.1. The number of sulfonamides is 1. The monoisotopic (exact) mass is 293 g/mol. The van der Waals surface area contributed by atoms with Gasteiger partial charge >= 0.3 is 0 Å². The predicted octanol–water partition coefficient (Wildman–Crippen LogP) is 1.11. The molecule has 20 heavy (non-hydrogen) atoms. The number of aryl methyl sites for hydroxylation is 2. The smallest absolute Gasteiger partial charge is 0.263 e. The topological polar surface area (TPSA) is 125 Å². The van der Waals surface area contributed by atoms with E-state index in [2.05, 4.69) is 14.9 Å². The first kappa shape index (κ1) is 14.1. The summed E-state index contributed by atoms with van der Waals surface area (Å²) in [4.78, 5) is 0.173. The molecule has 8 heteroatoms. The third kappa shape index (κ3) is 2.64. The first-order chi connectivity index (χ1) is 9.31. The minimum absolute atomic E-state index is 0.0810.